The molecule has 7 nitrogen and oxygen atoms in total. The van der Waals surface area contributed by atoms with E-state index in [0.29, 0.717) is 30.1 Å². The minimum Gasteiger partial charge on any atom is -0.352 e. The summed E-state index contributed by atoms with van der Waals surface area (Å²) in [6.45, 7) is 1.29. The van der Waals surface area contributed by atoms with Crippen LogP contribution in [0.15, 0.2) is 47.4 Å². The van der Waals surface area contributed by atoms with E-state index in [1.807, 2.05) is 23.1 Å². The molecule has 2 aliphatic rings. The number of nitrogens with zero attached hydrogens (tertiary/aromatic N) is 4. The maximum absolute atomic E-state index is 13.0. The molecule has 1 amide bonds. The number of pyridine rings is 1. The van der Waals surface area contributed by atoms with Gasteiger partial charge in [-0.25, -0.2) is 9.97 Å². The first-order valence-corrected chi connectivity index (χ1v) is 11.1. The third kappa shape index (κ3) is 3.69. The first-order chi connectivity index (χ1) is 15.1. The van der Waals surface area contributed by atoms with Crippen molar-refractivity contribution in [2.75, 3.05) is 18.0 Å². The van der Waals surface area contributed by atoms with Crippen LogP contribution in [0.3, 0.4) is 0 Å². The van der Waals surface area contributed by atoms with Crippen LogP contribution in [0.25, 0.3) is 11.2 Å². The average molecular weight is 418 g/mol. The topological polar surface area (TPSA) is 80.1 Å². The summed E-state index contributed by atoms with van der Waals surface area (Å²) in [7, 11) is 1.73. The van der Waals surface area contributed by atoms with Crippen molar-refractivity contribution >= 4 is 22.9 Å². The largest absolute Gasteiger partial charge is 0.352 e. The van der Waals surface area contributed by atoms with Crippen LogP contribution in [0, 0.1) is 5.92 Å². The molecule has 1 fully saturated rings. The molecule has 5 rings (SSSR count). The number of hydrogen-bond acceptors (Lipinski definition) is 5. The van der Waals surface area contributed by atoms with E-state index in [1.165, 1.54) is 11.1 Å². The molecule has 0 bridgehead atoms. The van der Waals surface area contributed by atoms with Crippen LogP contribution >= 0.6 is 0 Å². The molecule has 2 aromatic heterocycles. The lowest BCUT2D eigenvalue weighted by Gasteiger charge is -2.33. The Labute approximate surface area is 181 Å². The number of rotatable bonds is 3. The van der Waals surface area contributed by atoms with Gasteiger partial charge in [-0.3, -0.25) is 14.2 Å². The summed E-state index contributed by atoms with van der Waals surface area (Å²) in [5, 5.41) is 3.30. The Balaban J connectivity index is 1.27. The number of benzene rings is 1. The molecule has 0 radical (unpaired) electrons. The summed E-state index contributed by atoms with van der Waals surface area (Å²) in [4.78, 5) is 36.7. The Morgan fingerprint density at radius 3 is 2.74 bits per heavy atom. The predicted molar refractivity (Wildman–Crippen MR) is 120 cm³/mol. The van der Waals surface area contributed by atoms with E-state index in [9.17, 15) is 9.59 Å². The third-order valence-electron chi connectivity index (χ3n) is 6.66. The van der Waals surface area contributed by atoms with Gasteiger partial charge in [0.05, 0.1) is 6.04 Å². The predicted octanol–water partition coefficient (Wildman–Crippen LogP) is 2.74. The number of carbonyl (C=O) groups excluding carboxylic acids is 1. The Kier molecular flexibility index (Phi) is 5.18. The number of carbonyl (C=O) groups is 1. The zero-order valence-electron chi connectivity index (χ0n) is 17.8. The monoisotopic (exact) mass is 417 g/mol. The van der Waals surface area contributed by atoms with Crippen molar-refractivity contribution in [3.05, 3.63) is 64.1 Å². The minimum absolute atomic E-state index is 0.0312. The summed E-state index contributed by atoms with van der Waals surface area (Å²) in [6.07, 6.45) is 6.28. The quantitative estimate of drug-likeness (QED) is 0.709. The summed E-state index contributed by atoms with van der Waals surface area (Å²) in [6, 6.07) is 12.2. The van der Waals surface area contributed by atoms with Gasteiger partial charge in [0, 0.05) is 32.3 Å². The first-order valence-electron chi connectivity index (χ1n) is 11.1. The van der Waals surface area contributed by atoms with Gasteiger partial charge in [-0.1, -0.05) is 24.3 Å². The molecule has 0 spiro atoms. The fraction of sp³-hybridized carbons (Fsp3) is 0.417. The number of aryl methyl sites for hydroxylation is 2. The highest BCUT2D eigenvalue weighted by Gasteiger charge is 2.30. The molecule has 1 N–H and O–H groups in total. The molecule has 1 unspecified atom stereocenters. The van der Waals surface area contributed by atoms with Gasteiger partial charge in [0.1, 0.15) is 5.52 Å². The van der Waals surface area contributed by atoms with Crippen LogP contribution in [0.5, 0.6) is 0 Å². The van der Waals surface area contributed by atoms with Gasteiger partial charge < -0.3 is 10.2 Å². The van der Waals surface area contributed by atoms with E-state index in [1.54, 1.807) is 17.8 Å². The second-order valence-electron chi connectivity index (χ2n) is 8.56. The highest BCUT2D eigenvalue weighted by Crippen LogP contribution is 2.30. The van der Waals surface area contributed by atoms with Gasteiger partial charge in [-0.2, -0.15) is 0 Å². The lowest BCUT2D eigenvalue weighted by molar-refractivity contribution is -0.126. The number of aromatic nitrogens is 3. The van der Waals surface area contributed by atoms with Crippen molar-refractivity contribution in [3.63, 3.8) is 0 Å². The molecule has 1 aromatic carbocycles. The maximum atomic E-state index is 13.0. The highest BCUT2D eigenvalue weighted by atomic mass is 16.2. The molecule has 160 valence electrons. The summed E-state index contributed by atoms with van der Waals surface area (Å²) in [5.41, 5.74) is 3.75. The van der Waals surface area contributed by atoms with E-state index in [2.05, 4.69) is 33.5 Å². The normalized spacial score (nSPS) is 19.3. The maximum Gasteiger partial charge on any atom is 0.294 e. The molecule has 3 heterocycles. The molecular weight excluding hydrogens is 390 g/mol. The van der Waals surface area contributed by atoms with E-state index >= 15 is 0 Å². The molecule has 31 heavy (non-hydrogen) atoms. The number of nitrogens with one attached hydrogen (secondary N) is 1. The smallest absolute Gasteiger partial charge is 0.294 e. The van der Waals surface area contributed by atoms with E-state index in [-0.39, 0.29) is 23.4 Å². The second-order valence-corrected chi connectivity index (χ2v) is 8.56. The van der Waals surface area contributed by atoms with Crippen molar-refractivity contribution in [2.45, 2.75) is 38.1 Å². The molecule has 0 saturated carbocycles. The standard InChI is InChI=1S/C24H27N5O2/c1-28-21-20(10-5-13-25-21)26-22(24(28)31)29-14-11-17(12-15-29)23(30)27-19-9-4-7-16-6-2-3-8-18(16)19/h2-3,5-6,8,10,13,17,19H,4,7,9,11-12,14-15H2,1H3,(H,27,30). The summed E-state index contributed by atoms with van der Waals surface area (Å²) >= 11 is 0. The van der Waals surface area contributed by atoms with Crippen molar-refractivity contribution in [1.82, 2.24) is 19.9 Å². The first kappa shape index (κ1) is 19.7. The Bertz CT molecular complexity index is 1180. The Morgan fingerprint density at radius 1 is 1.10 bits per heavy atom. The van der Waals surface area contributed by atoms with Crippen molar-refractivity contribution in [3.8, 4) is 0 Å². The Hall–Kier alpha value is -3.22. The van der Waals surface area contributed by atoms with Crippen LogP contribution in [-0.4, -0.2) is 33.5 Å². The molecule has 1 aliphatic carbocycles. The highest BCUT2D eigenvalue weighted by molar-refractivity contribution is 5.79. The van der Waals surface area contributed by atoms with Crippen LogP contribution in [0.1, 0.15) is 42.9 Å². The van der Waals surface area contributed by atoms with Gasteiger partial charge in [-0.15, -0.1) is 0 Å². The summed E-state index contributed by atoms with van der Waals surface area (Å²) in [5.74, 6) is 0.546. The van der Waals surface area contributed by atoms with Crippen molar-refractivity contribution in [2.24, 2.45) is 13.0 Å². The zero-order valence-corrected chi connectivity index (χ0v) is 17.8. The fourth-order valence-corrected chi connectivity index (χ4v) is 4.90. The van der Waals surface area contributed by atoms with E-state index in [4.69, 9.17) is 0 Å². The van der Waals surface area contributed by atoms with Gasteiger partial charge in [-0.05, 0) is 55.4 Å². The number of anilines is 1. The number of fused-ring (bicyclic) bond motifs is 2. The zero-order chi connectivity index (χ0) is 21.4. The van der Waals surface area contributed by atoms with Crippen LogP contribution in [0.4, 0.5) is 5.82 Å². The second kappa shape index (κ2) is 8.13. The lowest BCUT2D eigenvalue weighted by atomic mass is 9.87. The third-order valence-corrected chi connectivity index (χ3v) is 6.66. The summed E-state index contributed by atoms with van der Waals surface area (Å²) < 4.78 is 1.55. The molecule has 1 saturated heterocycles. The van der Waals surface area contributed by atoms with E-state index in [0.717, 1.165) is 32.1 Å². The number of hydrogen-bond donors (Lipinski definition) is 1. The van der Waals surface area contributed by atoms with Crippen molar-refractivity contribution in [1.29, 1.82) is 0 Å². The van der Waals surface area contributed by atoms with Crippen LogP contribution in [-0.2, 0) is 18.3 Å². The van der Waals surface area contributed by atoms with E-state index < -0.39 is 0 Å². The average Bonchev–Trinajstić information content (AvgIpc) is 2.82. The van der Waals surface area contributed by atoms with Crippen LogP contribution < -0.4 is 15.8 Å². The molecular formula is C24H27N5O2. The molecule has 1 atom stereocenters. The number of amides is 1. The van der Waals surface area contributed by atoms with Crippen molar-refractivity contribution < 1.29 is 4.79 Å². The van der Waals surface area contributed by atoms with Gasteiger partial charge in [0.25, 0.3) is 5.56 Å². The molecule has 1 aliphatic heterocycles. The Morgan fingerprint density at radius 2 is 1.90 bits per heavy atom. The minimum atomic E-state index is -0.145. The fourth-order valence-electron chi connectivity index (χ4n) is 4.90. The lowest BCUT2D eigenvalue weighted by Crippen LogP contribution is -2.44. The van der Waals surface area contributed by atoms with Gasteiger partial charge in [0.15, 0.2) is 11.5 Å². The molecule has 3 aromatic rings. The van der Waals surface area contributed by atoms with Gasteiger partial charge >= 0.3 is 0 Å². The van der Waals surface area contributed by atoms with Gasteiger partial charge in [0.2, 0.25) is 5.91 Å². The van der Waals surface area contributed by atoms with Crippen LogP contribution in [0.2, 0.25) is 0 Å². The SMILES string of the molecule is Cn1c(=O)c(N2CCC(C(=O)NC3CCCc4ccccc43)CC2)nc2cccnc21. The molecule has 7 heteroatoms. The number of piperidine rings is 1.